The van der Waals surface area contributed by atoms with E-state index in [-0.39, 0.29) is 5.91 Å². The Kier molecular flexibility index (Phi) is 4.94. The summed E-state index contributed by atoms with van der Waals surface area (Å²) in [5.41, 5.74) is 6.20. The topological polar surface area (TPSA) is 52.2 Å². The first-order valence-electron chi connectivity index (χ1n) is 10.8. The molecule has 5 rings (SSSR count). The van der Waals surface area contributed by atoms with E-state index in [1.54, 1.807) is 0 Å². The molecule has 1 fully saturated rings. The van der Waals surface area contributed by atoms with E-state index >= 15 is 0 Å². The number of hydrogen-bond acceptors (Lipinski definition) is 3. The molecule has 0 saturated carbocycles. The second-order valence-electron chi connectivity index (χ2n) is 8.26. The molecule has 1 N–H and O–H groups in total. The number of aryl methyl sites for hydroxylation is 2. The average molecular weight is 411 g/mol. The first-order valence-corrected chi connectivity index (χ1v) is 10.8. The van der Waals surface area contributed by atoms with E-state index in [1.807, 2.05) is 29.2 Å². The molecule has 0 radical (unpaired) electrons. The Labute approximate surface area is 182 Å². The Balaban J connectivity index is 1.31. The summed E-state index contributed by atoms with van der Waals surface area (Å²) in [7, 11) is 0. The Hall–Kier alpha value is -3.60. The highest BCUT2D eigenvalue weighted by Gasteiger charge is 2.24. The first kappa shape index (κ1) is 19.4. The minimum absolute atomic E-state index is 0.0132. The van der Waals surface area contributed by atoms with Crippen molar-refractivity contribution in [2.45, 2.75) is 13.8 Å². The molecule has 1 aliphatic rings. The Morgan fingerprint density at radius 3 is 2.48 bits per heavy atom. The zero-order valence-corrected chi connectivity index (χ0v) is 17.9. The number of carbonyl (C=O) groups is 1. The van der Waals surface area contributed by atoms with Crippen molar-refractivity contribution in [2.75, 3.05) is 31.1 Å². The molecule has 0 unspecified atom stereocenters. The van der Waals surface area contributed by atoms with Crippen molar-refractivity contribution in [1.82, 2.24) is 15.1 Å². The number of nitrogens with zero attached hydrogens (tertiary/aromatic N) is 3. The van der Waals surface area contributed by atoms with E-state index in [0.29, 0.717) is 18.8 Å². The van der Waals surface area contributed by atoms with E-state index in [0.717, 1.165) is 29.7 Å². The lowest BCUT2D eigenvalue weighted by Crippen LogP contribution is -2.49. The summed E-state index contributed by atoms with van der Waals surface area (Å²) in [5.74, 6) is 0.0132. The van der Waals surface area contributed by atoms with E-state index < -0.39 is 0 Å². The molecule has 4 aromatic rings. The molecule has 3 aromatic carbocycles. The lowest BCUT2D eigenvalue weighted by Gasteiger charge is -2.36. The van der Waals surface area contributed by atoms with Gasteiger partial charge in [-0.05, 0) is 42.3 Å². The van der Waals surface area contributed by atoms with Crippen LogP contribution in [0.3, 0.4) is 0 Å². The predicted molar refractivity (Wildman–Crippen MR) is 126 cm³/mol. The van der Waals surface area contributed by atoms with Gasteiger partial charge in [0.25, 0.3) is 5.91 Å². The van der Waals surface area contributed by atoms with Crippen LogP contribution in [0.25, 0.3) is 22.0 Å². The first-order chi connectivity index (χ1) is 15.1. The Bertz CT molecular complexity index is 1250. The third-order valence-electron chi connectivity index (χ3n) is 6.13. The number of hydrogen-bond donors (Lipinski definition) is 1. The number of piperazine rings is 1. The highest BCUT2D eigenvalue weighted by molar-refractivity contribution is 5.98. The number of H-pyrrole nitrogens is 1. The van der Waals surface area contributed by atoms with Crippen LogP contribution in [0.15, 0.2) is 66.7 Å². The molecule has 2 heterocycles. The summed E-state index contributed by atoms with van der Waals surface area (Å²) in [6.45, 7) is 7.34. The molecule has 0 spiro atoms. The van der Waals surface area contributed by atoms with Crippen LogP contribution in [0, 0.1) is 13.8 Å². The van der Waals surface area contributed by atoms with Crippen molar-refractivity contribution >= 4 is 22.4 Å². The normalized spacial score (nSPS) is 14.3. The minimum Gasteiger partial charge on any atom is -0.368 e. The maximum Gasteiger partial charge on any atom is 0.272 e. The standard InChI is InChI=1S/C26H26N4O/c1-18-10-11-25(19(2)16-18)29-12-14-30(15-13-29)26(31)24-17-23(27-28-24)22-9-5-7-20-6-3-4-8-21(20)22/h3-11,16-17H,12-15H2,1-2H3,(H,27,28). The predicted octanol–water partition coefficient (Wildman–Crippen LogP) is 4.81. The lowest BCUT2D eigenvalue weighted by atomic mass is 10.0. The smallest absolute Gasteiger partial charge is 0.272 e. The van der Waals surface area contributed by atoms with Crippen molar-refractivity contribution in [3.63, 3.8) is 0 Å². The quantitative estimate of drug-likeness (QED) is 0.527. The van der Waals surface area contributed by atoms with Crippen LogP contribution in [0.2, 0.25) is 0 Å². The van der Waals surface area contributed by atoms with Crippen molar-refractivity contribution in [1.29, 1.82) is 0 Å². The molecule has 156 valence electrons. The second kappa shape index (κ2) is 7.91. The maximum atomic E-state index is 13.1. The van der Waals surface area contributed by atoms with Crippen LogP contribution >= 0.6 is 0 Å². The van der Waals surface area contributed by atoms with Gasteiger partial charge in [0.05, 0.1) is 5.69 Å². The van der Waals surface area contributed by atoms with Crippen LogP contribution in [0.5, 0.6) is 0 Å². The molecule has 1 aromatic heterocycles. The number of nitrogens with one attached hydrogen (secondary N) is 1. The number of fused-ring (bicyclic) bond motifs is 1. The molecule has 1 saturated heterocycles. The molecular weight excluding hydrogens is 384 g/mol. The molecular formula is C26H26N4O. The van der Waals surface area contributed by atoms with Crippen LogP contribution in [0.1, 0.15) is 21.6 Å². The lowest BCUT2D eigenvalue weighted by molar-refractivity contribution is 0.0741. The van der Waals surface area contributed by atoms with Gasteiger partial charge in [0.1, 0.15) is 5.69 Å². The number of anilines is 1. The van der Waals surface area contributed by atoms with Gasteiger partial charge in [-0.1, -0.05) is 60.2 Å². The van der Waals surface area contributed by atoms with Gasteiger partial charge in [-0.3, -0.25) is 9.89 Å². The molecule has 0 atom stereocenters. The highest BCUT2D eigenvalue weighted by atomic mass is 16.2. The fourth-order valence-electron chi connectivity index (χ4n) is 4.50. The van der Waals surface area contributed by atoms with Gasteiger partial charge < -0.3 is 9.80 Å². The summed E-state index contributed by atoms with van der Waals surface area (Å²) in [6, 6.07) is 22.8. The SMILES string of the molecule is Cc1ccc(N2CCN(C(=O)c3cc(-c4cccc5ccccc45)n[nH]3)CC2)c(C)c1. The third kappa shape index (κ3) is 3.67. The Morgan fingerprint density at radius 2 is 1.68 bits per heavy atom. The number of aromatic nitrogens is 2. The fourth-order valence-corrected chi connectivity index (χ4v) is 4.50. The van der Waals surface area contributed by atoms with Gasteiger partial charge in [0, 0.05) is 37.4 Å². The van der Waals surface area contributed by atoms with Crippen molar-refractivity contribution in [3.05, 3.63) is 83.6 Å². The number of benzene rings is 3. The van der Waals surface area contributed by atoms with Crippen molar-refractivity contribution < 1.29 is 4.79 Å². The van der Waals surface area contributed by atoms with E-state index in [9.17, 15) is 4.79 Å². The van der Waals surface area contributed by atoms with E-state index in [1.165, 1.54) is 22.2 Å². The number of amides is 1. The summed E-state index contributed by atoms with van der Waals surface area (Å²) in [4.78, 5) is 17.4. The van der Waals surface area contributed by atoms with Gasteiger partial charge in [0.15, 0.2) is 0 Å². The fraction of sp³-hybridized carbons (Fsp3) is 0.231. The number of aromatic amines is 1. The van der Waals surface area contributed by atoms with Gasteiger partial charge in [-0.15, -0.1) is 0 Å². The van der Waals surface area contributed by atoms with Crippen LogP contribution in [-0.4, -0.2) is 47.2 Å². The van der Waals surface area contributed by atoms with E-state index in [4.69, 9.17) is 0 Å². The highest BCUT2D eigenvalue weighted by Crippen LogP contribution is 2.28. The largest absolute Gasteiger partial charge is 0.368 e. The number of rotatable bonds is 3. The van der Waals surface area contributed by atoms with Gasteiger partial charge in [-0.2, -0.15) is 5.10 Å². The monoisotopic (exact) mass is 410 g/mol. The van der Waals surface area contributed by atoms with Crippen LogP contribution < -0.4 is 4.90 Å². The van der Waals surface area contributed by atoms with Crippen LogP contribution in [0.4, 0.5) is 5.69 Å². The summed E-state index contributed by atoms with van der Waals surface area (Å²) < 4.78 is 0. The molecule has 1 amide bonds. The van der Waals surface area contributed by atoms with Gasteiger partial charge in [0.2, 0.25) is 0 Å². The van der Waals surface area contributed by atoms with Gasteiger partial charge in [-0.25, -0.2) is 0 Å². The van der Waals surface area contributed by atoms with Crippen molar-refractivity contribution in [3.8, 4) is 11.3 Å². The molecule has 5 nitrogen and oxygen atoms in total. The van der Waals surface area contributed by atoms with Crippen molar-refractivity contribution in [2.24, 2.45) is 0 Å². The van der Waals surface area contributed by atoms with E-state index in [2.05, 4.69) is 71.4 Å². The Morgan fingerprint density at radius 1 is 0.903 bits per heavy atom. The molecule has 5 heteroatoms. The maximum absolute atomic E-state index is 13.1. The summed E-state index contributed by atoms with van der Waals surface area (Å²) in [6.07, 6.45) is 0. The molecule has 1 aliphatic heterocycles. The van der Waals surface area contributed by atoms with Crippen LogP contribution in [-0.2, 0) is 0 Å². The third-order valence-corrected chi connectivity index (χ3v) is 6.13. The van der Waals surface area contributed by atoms with Gasteiger partial charge >= 0.3 is 0 Å². The number of carbonyl (C=O) groups excluding carboxylic acids is 1. The minimum atomic E-state index is 0.0132. The molecule has 0 aliphatic carbocycles. The average Bonchev–Trinajstić information content (AvgIpc) is 3.28. The molecule has 31 heavy (non-hydrogen) atoms. The summed E-state index contributed by atoms with van der Waals surface area (Å²) in [5, 5.41) is 9.72. The molecule has 0 bridgehead atoms. The zero-order valence-electron chi connectivity index (χ0n) is 17.9. The summed E-state index contributed by atoms with van der Waals surface area (Å²) >= 11 is 0. The zero-order chi connectivity index (χ0) is 21.4. The second-order valence-corrected chi connectivity index (χ2v) is 8.26.